The molecule has 2 fully saturated rings. The monoisotopic (exact) mass is 270 g/mol. The minimum absolute atomic E-state index is 0.0839. The number of aromatic amines is 1. The molecule has 2 aliphatic rings. The van der Waals surface area contributed by atoms with E-state index in [1.165, 1.54) is 0 Å². The Morgan fingerprint density at radius 1 is 1.20 bits per heavy atom. The summed E-state index contributed by atoms with van der Waals surface area (Å²) in [6, 6.07) is 10.3. The van der Waals surface area contributed by atoms with Crippen molar-refractivity contribution in [3.8, 4) is 0 Å². The average molecular weight is 270 g/mol. The summed E-state index contributed by atoms with van der Waals surface area (Å²) in [5.74, 6) is 0.0839. The lowest BCUT2D eigenvalue weighted by atomic mass is 9.99. The van der Waals surface area contributed by atoms with E-state index in [1.807, 2.05) is 35.2 Å². The van der Waals surface area contributed by atoms with E-state index in [4.69, 9.17) is 0 Å². The van der Waals surface area contributed by atoms with Crippen molar-refractivity contribution in [2.45, 2.75) is 43.9 Å². The molecule has 1 aromatic heterocycles. The van der Waals surface area contributed by atoms with E-state index in [0.717, 1.165) is 36.6 Å². The quantitative estimate of drug-likeness (QED) is 0.835. The van der Waals surface area contributed by atoms with Crippen LogP contribution in [0.1, 0.15) is 36.2 Å². The maximum atomic E-state index is 12.7. The first-order valence-corrected chi connectivity index (χ1v) is 7.31. The number of H-pyrrole nitrogens is 1. The van der Waals surface area contributed by atoms with E-state index < -0.39 is 0 Å². The van der Waals surface area contributed by atoms with E-state index in [9.17, 15) is 9.90 Å². The van der Waals surface area contributed by atoms with E-state index in [2.05, 4.69) is 4.98 Å². The second-order valence-electron chi connectivity index (χ2n) is 5.99. The van der Waals surface area contributed by atoms with Gasteiger partial charge < -0.3 is 15.0 Å². The molecular formula is C16H18N2O2. The molecule has 0 radical (unpaired) electrons. The van der Waals surface area contributed by atoms with Crippen LogP contribution in [-0.4, -0.2) is 39.1 Å². The van der Waals surface area contributed by atoms with Gasteiger partial charge in [-0.15, -0.1) is 0 Å². The average Bonchev–Trinajstić information content (AvgIpc) is 2.98. The molecule has 1 amide bonds. The minimum Gasteiger partial charge on any atom is -0.393 e. The van der Waals surface area contributed by atoms with Crippen LogP contribution in [0.3, 0.4) is 0 Å². The Labute approximate surface area is 117 Å². The Morgan fingerprint density at radius 3 is 2.60 bits per heavy atom. The first kappa shape index (κ1) is 12.0. The lowest BCUT2D eigenvalue weighted by Crippen LogP contribution is -2.48. The number of piperidine rings is 1. The Morgan fingerprint density at radius 2 is 1.90 bits per heavy atom. The van der Waals surface area contributed by atoms with Crippen molar-refractivity contribution < 1.29 is 9.90 Å². The summed E-state index contributed by atoms with van der Waals surface area (Å²) < 4.78 is 0. The zero-order valence-electron chi connectivity index (χ0n) is 11.2. The summed E-state index contributed by atoms with van der Waals surface area (Å²) in [4.78, 5) is 18.0. The number of hydrogen-bond acceptors (Lipinski definition) is 2. The van der Waals surface area contributed by atoms with Crippen molar-refractivity contribution in [2.24, 2.45) is 0 Å². The molecule has 4 heteroatoms. The van der Waals surface area contributed by atoms with Crippen molar-refractivity contribution in [1.82, 2.24) is 9.88 Å². The number of para-hydroxylation sites is 1. The van der Waals surface area contributed by atoms with Gasteiger partial charge in [0.2, 0.25) is 0 Å². The summed E-state index contributed by atoms with van der Waals surface area (Å²) in [6.07, 6.45) is 3.26. The molecule has 4 rings (SSSR count). The summed E-state index contributed by atoms with van der Waals surface area (Å²) in [5, 5.41) is 10.9. The second-order valence-corrected chi connectivity index (χ2v) is 5.99. The first-order valence-electron chi connectivity index (χ1n) is 7.31. The lowest BCUT2D eigenvalue weighted by Gasteiger charge is -2.36. The van der Waals surface area contributed by atoms with Crippen molar-refractivity contribution in [1.29, 1.82) is 0 Å². The number of amides is 1. The third-order valence-corrected chi connectivity index (χ3v) is 4.70. The SMILES string of the molecule is O=C(c1cc2ccccc2[nH]1)N1C2CCC1CC(O)C2. The number of nitrogens with zero attached hydrogens (tertiary/aromatic N) is 1. The zero-order valence-corrected chi connectivity index (χ0v) is 11.2. The molecule has 2 aliphatic heterocycles. The van der Waals surface area contributed by atoms with Gasteiger partial charge in [0.15, 0.2) is 0 Å². The number of carbonyl (C=O) groups is 1. The molecule has 2 bridgehead atoms. The Hall–Kier alpha value is -1.81. The van der Waals surface area contributed by atoms with Crippen LogP contribution in [0.2, 0.25) is 0 Å². The highest BCUT2D eigenvalue weighted by Crippen LogP contribution is 2.36. The molecular weight excluding hydrogens is 252 g/mol. The van der Waals surface area contributed by atoms with Gasteiger partial charge in [0, 0.05) is 23.0 Å². The fourth-order valence-corrected chi connectivity index (χ4v) is 3.81. The van der Waals surface area contributed by atoms with Crippen molar-refractivity contribution in [3.63, 3.8) is 0 Å². The Kier molecular flexibility index (Phi) is 2.60. The summed E-state index contributed by atoms with van der Waals surface area (Å²) in [7, 11) is 0. The predicted molar refractivity (Wildman–Crippen MR) is 76.5 cm³/mol. The number of carbonyl (C=O) groups excluding carboxylic acids is 1. The molecule has 2 atom stereocenters. The molecule has 104 valence electrons. The van der Waals surface area contributed by atoms with Crippen LogP contribution >= 0.6 is 0 Å². The minimum atomic E-state index is -0.237. The highest BCUT2D eigenvalue weighted by Gasteiger charge is 2.43. The summed E-state index contributed by atoms with van der Waals surface area (Å²) in [6.45, 7) is 0. The van der Waals surface area contributed by atoms with Gasteiger partial charge in [-0.05, 0) is 37.8 Å². The highest BCUT2D eigenvalue weighted by atomic mass is 16.3. The van der Waals surface area contributed by atoms with Gasteiger partial charge in [0.25, 0.3) is 5.91 Å². The maximum Gasteiger partial charge on any atom is 0.270 e. The topological polar surface area (TPSA) is 56.3 Å². The fraction of sp³-hybridized carbons (Fsp3) is 0.438. The van der Waals surface area contributed by atoms with Crippen LogP contribution in [0.5, 0.6) is 0 Å². The zero-order chi connectivity index (χ0) is 13.7. The van der Waals surface area contributed by atoms with Gasteiger partial charge in [-0.3, -0.25) is 4.79 Å². The summed E-state index contributed by atoms with van der Waals surface area (Å²) >= 11 is 0. The number of aromatic nitrogens is 1. The number of aliphatic hydroxyl groups excluding tert-OH is 1. The molecule has 2 unspecified atom stereocenters. The molecule has 2 N–H and O–H groups in total. The van der Waals surface area contributed by atoms with Crippen molar-refractivity contribution in [3.05, 3.63) is 36.0 Å². The molecule has 0 aliphatic carbocycles. The fourth-order valence-electron chi connectivity index (χ4n) is 3.81. The molecule has 0 saturated carbocycles. The van der Waals surface area contributed by atoms with Crippen LogP contribution in [0.25, 0.3) is 10.9 Å². The first-order chi connectivity index (χ1) is 9.72. The molecule has 2 aromatic rings. The molecule has 0 spiro atoms. The molecule has 1 aromatic carbocycles. The summed E-state index contributed by atoms with van der Waals surface area (Å²) in [5.41, 5.74) is 1.67. The van der Waals surface area contributed by atoms with E-state index in [-0.39, 0.29) is 24.1 Å². The normalized spacial score (nSPS) is 29.1. The molecule has 4 nitrogen and oxygen atoms in total. The van der Waals surface area contributed by atoms with Crippen LogP contribution < -0.4 is 0 Å². The predicted octanol–water partition coefficient (Wildman–Crippen LogP) is 2.30. The smallest absolute Gasteiger partial charge is 0.270 e. The number of nitrogens with one attached hydrogen (secondary N) is 1. The van der Waals surface area contributed by atoms with Crippen LogP contribution in [0.15, 0.2) is 30.3 Å². The highest BCUT2D eigenvalue weighted by molar-refractivity contribution is 5.98. The maximum absolute atomic E-state index is 12.7. The Bertz CT molecular complexity index is 616. The van der Waals surface area contributed by atoms with E-state index in [0.29, 0.717) is 5.69 Å². The van der Waals surface area contributed by atoms with Crippen LogP contribution in [-0.2, 0) is 0 Å². The van der Waals surface area contributed by atoms with E-state index in [1.54, 1.807) is 0 Å². The number of rotatable bonds is 1. The van der Waals surface area contributed by atoms with Gasteiger partial charge >= 0.3 is 0 Å². The van der Waals surface area contributed by atoms with Crippen molar-refractivity contribution in [2.75, 3.05) is 0 Å². The number of fused-ring (bicyclic) bond motifs is 3. The van der Waals surface area contributed by atoms with Gasteiger partial charge in [0.1, 0.15) is 5.69 Å². The van der Waals surface area contributed by atoms with Crippen LogP contribution in [0.4, 0.5) is 0 Å². The van der Waals surface area contributed by atoms with Gasteiger partial charge in [-0.2, -0.15) is 0 Å². The van der Waals surface area contributed by atoms with Gasteiger partial charge in [-0.25, -0.2) is 0 Å². The molecule has 3 heterocycles. The third kappa shape index (κ3) is 1.75. The van der Waals surface area contributed by atoms with Gasteiger partial charge in [-0.1, -0.05) is 18.2 Å². The largest absolute Gasteiger partial charge is 0.393 e. The lowest BCUT2D eigenvalue weighted by molar-refractivity contribution is 0.0283. The van der Waals surface area contributed by atoms with Crippen molar-refractivity contribution >= 4 is 16.8 Å². The molecule has 2 saturated heterocycles. The number of hydrogen-bond donors (Lipinski definition) is 2. The second kappa shape index (κ2) is 4.35. The Balaban J connectivity index is 1.67. The standard InChI is InChI=1S/C16H18N2O2/c19-13-8-11-5-6-12(9-13)18(11)16(20)15-7-10-3-1-2-4-14(10)17-15/h1-4,7,11-13,17,19H,5-6,8-9H2. The number of aliphatic hydroxyl groups is 1. The third-order valence-electron chi connectivity index (χ3n) is 4.70. The van der Waals surface area contributed by atoms with Crippen LogP contribution in [0, 0.1) is 0 Å². The molecule has 20 heavy (non-hydrogen) atoms. The van der Waals surface area contributed by atoms with Gasteiger partial charge in [0.05, 0.1) is 6.10 Å². The number of benzene rings is 1. The van der Waals surface area contributed by atoms with E-state index >= 15 is 0 Å².